The largest absolute Gasteiger partial charge is 0.319 e. The molecule has 1 saturated carbocycles. The SMILES string of the molecule is CC(C)(C)C1CCCCC1NCC(F)(F)C(F)F. The summed E-state index contributed by atoms with van der Waals surface area (Å²) >= 11 is 0. The van der Waals surface area contributed by atoms with E-state index in [9.17, 15) is 17.6 Å². The first kappa shape index (κ1) is 15.7. The molecule has 0 amide bonds. The normalized spacial score (nSPS) is 26.7. The van der Waals surface area contributed by atoms with E-state index in [0.29, 0.717) is 0 Å². The van der Waals surface area contributed by atoms with Gasteiger partial charge in [-0.25, -0.2) is 8.78 Å². The second-order valence-electron chi connectivity index (χ2n) is 6.31. The van der Waals surface area contributed by atoms with Crippen molar-refractivity contribution in [3.63, 3.8) is 0 Å². The molecule has 1 aliphatic carbocycles. The van der Waals surface area contributed by atoms with E-state index in [-0.39, 0.29) is 17.4 Å². The zero-order valence-corrected chi connectivity index (χ0v) is 11.3. The molecule has 0 aromatic rings. The maximum absolute atomic E-state index is 12.9. The fourth-order valence-electron chi connectivity index (χ4n) is 2.76. The third kappa shape index (κ3) is 4.11. The van der Waals surface area contributed by atoms with Crippen molar-refractivity contribution in [3.8, 4) is 0 Å². The van der Waals surface area contributed by atoms with Gasteiger partial charge in [-0.3, -0.25) is 0 Å². The highest BCUT2D eigenvalue weighted by Gasteiger charge is 2.42. The van der Waals surface area contributed by atoms with Crippen LogP contribution in [0.2, 0.25) is 0 Å². The van der Waals surface area contributed by atoms with Crippen LogP contribution in [0.1, 0.15) is 46.5 Å². The first-order valence-electron chi connectivity index (χ1n) is 6.54. The Balaban J connectivity index is 2.58. The Labute approximate surface area is 106 Å². The summed E-state index contributed by atoms with van der Waals surface area (Å²) in [6.45, 7) is 5.29. The fourth-order valence-corrected chi connectivity index (χ4v) is 2.76. The number of rotatable bonds is 4. The molecule has 0 aromatic heterocycles. The average molecular weight is 269 g/mol. The minimum atomic E-state index is -3.93. The third-order valence-electron chi connectivity index (χ3n) is 3.80. The third-order valence-corrected chi connectivity index (χ3v) is 3.80. The molecular weight excluding hydrogens is 246 g/mol. The Bertz CT molecular complexity index is 260. The molecule has 0 radical (unpaired) electrons. The lowest BCUT2D eigenvalue weighted by Gasteiger charge is -2.41. The predicted octanol–water partition coefficient (Wildman–Crippen LogP) is 4.08. The molecule has 1 aliphatic rings. The van der Waals surface area contributed by atoms with E-state index in [1.54, 1.807) is 0 Å². The van der Waals surface area contributed by atoms with Crippen LogP contribution in [-0.4, -0.2) is 24.9 Å². The number of hydrogen-bond acceptors (Lipinski definition) is 1. The summed E-state index contributed by atoms with van der Waals surface area (Å²) in [5.41, 5.74) is 0.0121. The molecule has 2 atom stereocenters. The maximum Gasteiger partial charge on any atom is 0.319 e. The standard InChI is InChI=1S/C13H23F4N/c1-12(2,3)9-6-4-5-7-10(9)18-8-13(16,17)11(14)15/h9-11,18H,4-8H2,1-3H3. The van der Waals surface area contributed by atoms with Gasteiger partial charge >= 0.3 is 12.3 Å². The van der Waals surface area contributed by atoms with Crippen LogP contribution in [0.3, 0.4) is 0 Å². The molecule has 1 nitrogen and oxygen atoms in total. The van der Waals surface area contributed by atoms with Crippen molar-refractivity contribution in [3.05, 3.63) is 0 Å². The Kier molecular flexibility index (Phi) is 5.04. The zero-order chi connectivity index (χ0) is 14.0. The van der Waals surface area contributed by atoms with Gasteiger partial charge in [-0.15, -0.1) is 0 Å². The van der Waals surface area contributed by atoms with Gasteiger partial charge in [0.15, 0.2) is 0 Å². The van der Waals surface area contributed by atoms with Crippen molar-refractivity contribution >= 4 is 0 Å². The van der Waals surface area contributed by atoms with E-state index >= 15 is 0 Å². The van der Waals surface area contributed by atoms with Crippen molar-refractivity contribution in [2.24, 2.45) is 11.3 Å². The second-order valence-corrected chi connectivity index (χ2v) is 6.31. The van der Waals surface area contributed by atoms with Crippen LogP contribution in [0.15, 0.2) is 0 Å². The molecule has 1 N–H and O–H groups in total. The van der Waals surface area contributed by atoms with E-state index in [1.165, 1.54) is 0 Å². The van der Waals surface area contributed by atoms with Gasteiger partial charge < -0.3 is 5.32 Å². The van der Waals surface area contributed by atoms with E-state index in [4.69, 9.17) is 0 Å². The molecule has 0 aliphatic heterocycles. The van der Waals surface area contributed by atoms with Crippen molar-refractivity contribution < 1.29 is 17.6 Å². The quantitative estimate of drug-likeness (QED) is 0.758. The highest BCUT2D eigenvalue weighted by Crippen LogP contribution is 2.38. The number of alkyl halides is 4. The lowest BCUT2D eigenvalue weighted by molar-refractivity contribution is -0.127. The average Bonchev–Trinajstić information content (AvgIpc) is 2.25. The van der Waals surface area contributed by atoms with Crippen molar-refractivity contribution in [2.75, 3.05) is 6.54 Å². The van der Waals surface area contributed by atoms with Crippen LogP contribution < -0.4 is 5.32 Å². The fraction of sp³-hybridized carbons (Fsp3) is 1.00. The molecule has 0 saturated heterocycles. The summed E-state index contributed by atoms with van der Waals surface area (Å²) in [5, 5.41) is 2.67. The number of halogens is 4. The summed E-state index contributed by atoms with van der Waals surface area (Å²) < 4.78 is 50.0. The maximum atomic E-state index is 12.9. The van der Waals surface area contributed by atoms with Gasteiger partial charge in [0.25, 0.3) is 0 Å². The number of nitrogens with one attached hydrogen (secondary N) is 1. The first-order chi connectivity index (χ1) is 8.14. The van der Waals surface area contributed by atoms with Crippen LogP contribution in [0.5, 0.6) is 0 Å². The minimum Gasteiger partial charge on any atom is -0.308 e. The predicted molar refractivity (Wildman–Crippen MR) is 64.2 cm³/mol. The lowest BCUT2D eigenvalue weighted by Crippen LogP contribution is -2.49. The van der Waals surface area contributed by atoms with Gasteiger partial charge in [0.05, 0.1) is 6.54 Å². The van der Waals surface area contributed by atoms with Crippen molar-refractivity contribution in [1.82, 2.24) is 5.32 Å². The molecule has 0 aromatic carbocycles. The summed E-state index contributed by atoms with van der Waals surface area (Å²) in [7, 11) is 0. The van der Waals surface area contributed by atoms with E-state index in [2.05, 4.69) is 26.1 Å². The molecular formula is C13H23F4N. The van der Waals surface area contributed by atoms with Crippen LogP contribution in [-0.2, 0) is 0 Å². The molecule has 18 heavy (non-hydrogen) atoms. The highest BCUT2D eigenvalue weighted by atomic mass is 19.3. The minimum absolute atomic E-state index is 0.0121. The summed E-state index contributed by atoms with van der Waals surface area (Å²) in [6.07, 6.45) is 0.236. The molecule has 0 bridgehead atoms. The van der Waals surface area contributed by atoms with Gasteiger partial charge in [-0.05, 0) is 24.2 Å². The molecule has 1 fully saturated rings. The van der Waals surface area contributed by atoms with Crippen molar-refractivity contribution in [1.29, 1.82) is 0 Å². The Morgan fingerprint density at radius 2 is 1.67 bits per heavy atom. The Morgan fingerprint density at radius 1 is 1.11 bits per heavy atom. The molecule has 108 valence electrons. The summed E-state index contributed by atoms with van der Waals surface area (Å²) in [4.78, 5) is 0. The van der Waals surface area contributed by atoms with Gasteiger partial charge in [0.1, 0.15) is 0 Å². The lowest BCUT2D eigenvalue weighted by atomic mass is 9.69. The van der Waals surface area contributed by atoms with Gasteiger partial charge in [-0.2, -0.15) is 8.78 Å². The summed E-state index contributed by atoms with van der Waals surface area (Å²) in [5.74, 6) is -3.67. The molecule has 2 unspecified atom stereocenters. The molecule has 0 heterocycles. The highest BCUT2D eigenvalue weighted by molar-refractivity contribution is 4.89. The van der Waals surface area contributed by atoms with E-state index in [1.807, 2.05) is 0 Å². The Hall–Kier alpha value is -0.320. The van der Waals surface area contributed by atoms with Crippen LogP contribution >= 0.6 is 0 Å². The van der Waals surface area contributed by atoms with E-state index in [0.717, 1.165) is 25.7 Å². The van der Waals surface area contributed by atoms with Crippen LogP contribution in [0.4, 0.5) is 17.6 Å². The molecule has 0 spiro atoms. The molecule has 1 rings (SSSR count). The smallest absolute Gasteiger partial charge is 0.308 e. The van der Waals surface area contributed by atoms with Gasteiger partial charge in [0, 0.05) is 6.04 Å². The van der Waals surface area contributed by atoms with Crippen molar-refractivity contribution in [2.45, 2.75) is 64.8 Å². The summed E-state index contributed by atoms with van der Waals surface area (Å²) in [6, 6.07) is -0.0802. The second kappa shape index (κ2) is 5.76. The zero-order valence-electron chi connectivity index (χ0n) is 11.3. The van der Waals surface area contributed by atoms with Gasteiger partial charge in [0.2, 0.25) is 0 Å². The first-order valence-corrected chi connectivity index (χ1v) is 6.54. The van der Waals surface area contributed by atoms with E-state index < -0.39 is 18.9 Å². The monoisotopic (exact) mass is 269 g/mol. The Morgan fingerprint density at radius 3 is 2.17 bits per heavy atom. The van der Waals surface area contributed by atoms with Crippen LogP contribution in [0, 0.1) is 11.3 Å². The van der Waals surface area contributed by atoms with Gasteiger partial charge in [-0.1, -0.05) is 33.6 Å². The molecule has 5 heteroatoms. The topological polar surface area (TPSA) is 12.0 Å². The van der Waals surface area contributed by atoms with Crippen LogP contribution in [0.25, 0.3) is 0 Å². The number of hydrogen-bond donors (Lipinski definition) is 1.